The average molecular weight is 298 g/mol. The van der Waals surface area contributed by atoms with Gasteiger partial charge in [0.15, 0.2) is 0 Å². The van der Waals surface area contributed by atoms with Crippen molar-refractivity contribution in [3.63, 3.8) is 0 Å². The van der Waals surface area contributed by atoms with Crippen LogP contribution in [0.25, 0.3) is 10.8 Å². The maximum absolute atomic E-state index is 11.8. The van der Waals surface area contributed by atoms with Crippen molar-refractivity contribution in [2.45, 2.75) is 26.7 Å². The standard InChI is InChI=1S/C18H22N2O2/c1-3-22-18(21)15-7-10-20(11-8-15)17-16-12-13(2)4-5-14(16)6-9-19-17/h4-6,9,12,15H,3,7-8,10-11H2,1-2H3. The van der Waals surface area contributed by atoms with Gasteiger partial charge in [-0.15, -0.1) is 0 Å². The van der Waals surface area contributed by atoms with E-state index < -0.39 is 0 Å². The Morgan fingerprint density at radius 3 is 2.82 bits per heavy atom. The summed E-state index contributed by atoms with van der Waals surface area (Å²) in [7, 11) is 0. The lowest BCUT2D eigenvalue weighted by Gasteiger charge is -2.32. The summed E-state index contributed by atoms with van der Waals surface area (Å²) in [6, 6.07) is 8.50. The molecule has 1 aliphatic rings. The summed E-state index contributed by atoms with van der Waals surface area (Å²) in [5.74, 6) is 1.01. The molecule has 1 aromatic heterocycles. The molecule has 2 heterocycles. The van der Waals surface area contributed by atoms with Gasteiger partial charge in [-0.3, -0.25) is 4.79 Å². The Morgan fingerprint density at radius 2 is 2.09 bits per heavy atom. The normalized spacial score (nSPS) is 16.0. The molecule has 3 rings (SSSR count). The third-order valence-corrected chi connectivity index (χ3v) is 4.32. The summed E-state index contributed by atoms with van der Waals surface area (Å²) >= 11 is 0. The Hall–Kier alpha value is -2.10. The number of pyridine rings is 1. The summed E-state index contributed by atoms with van der Waals surface area (Å²) in [6.07, 6.45) is 3.54. The number of ether oxygens (including phenoxy) is 1. The second kappa shape index (κ2) is 6.34. The minimum Gasteiger partial charge on any atom is -0.466 e. The van der Waals surface area contributed by atoms with E-state index >= 15 is 0 Å². The number of fused-ring (bicyclic) bond motifs is 1. The Labute approximate surface area is 131 Å². The van der Waals surface area contributed by atoms with E-state index in [-0.39, 0.29) is 11.9 Å². The molecule has 1 aliphatic heterocycles. The predicted octanol–water partition coefficient (Wildman–Crippen LogP) is 3.32. The zero-order valence-corrected chi connectivity index (χ0v) is 13.2. The lowest BCUT2D eigenvalue weighted by atomic mass is 9.96. The summed E-state index contributed by atoms with van der Waals surface area (Å²) in [5, 5.41) is 2.40. The Bertz CT molecular complexity index is 676. The Balaban J connectivity index is 1.79. The minimum absolute atomic E-state index is 0.0351. The Morgan fingerprint density at radius 1 is 1.32 bits per heavy atom. The first-order valence-corrected chi connectivity index (χ1v) is 7.96. The molecular formula is C18H22N2O2. The number of piperidine rings is 1. The van der Waals surface area contributed by atoms with E-state index in [9.17, 15) is 4.79 Å². The van der Waals surface area contributed by atoms with Gasteiger partial charge in [0.2, 0.25) is 0 Å². The van der Waals surface area contributed by atoms with Crippen molar-refractivity contribution < 1.29 is 9.53 Å². The molecule has 0 unspecified atom stereocenters. The minimum atomic E-state index is -0.0520. The molecule has 0 bridgehead atoms. The largest absolute Gasteiger partial charge is 0.466 e. The zero-order chi connectivity index (χ0) is 15.5. The van der Waals surface area contributed by atoms with E-state index in [1.54, 1.807) is 0 Å². The molecular weight excluding hydrogens is 276 g/mol. The molecule has 4 nitrogen and oxygen atoms in total. The molecule has 22 heavy (non-hydrogen) atoms. The number of carbonyl (C=O) groups is 1. The van der Waals surface area contributed by atoms with Crippen LogP contribution in [0.1, 0.15) is 25.3 Å². The van der Waals surface area contributed by atoms with Crippen molar-refractivity contribution >= 4 is 22.6 Å². The van der Waals surface area contributed by atoms with Gasteiger partial charge < -0.3 is 9.64 Å². The molecule has 1 aromatic carbocycles. The van der Waals surface area contributed by atoms with Crippen LogP contribution in [-0.4, -0.2) is 30.6 Å². The topological polar surface area (TPSA) is 42.4 Å². The maximum Gasteiger partial charge on any atom is 0.309 e. The summed E-state index contributed by atoms with van der Waals surface area (Å²) in [6.45, 7) is 6.12. The van der Waals surface area contributed by atoms with Crippen LogP contribution in [0.5, 0.6) is 0 Å². The number of esters is 1. The first-order chi connectivity index (χ1) is 10.7. The van der Waals surface area contributed by atoms with Gasteiger partial charge in [-0.05, 0) is 44.2 Å². The first-order valence-electron chi connectivity index (χ1n) is 7.96. The van der Waals surface area contributed by atoms with Crippen molar-refractivity contribution in [1.29, 1.82) is 0 Å². The fourth-order valence-corrected chi connectivity index (χ4v) is 3.11. The van der Waals surface area contributed by atoms with Crippen LogP contribution in [0.4, 0.5) is 5.82 Å². The molecule has 4 heteroatoms. The highest BCUT2D eigenvalue weighted by molar-refractivity contribution is 5.92. The Kier molecular flexibility index (Phi) is 4.27. The van der Waals surface area contributed by atoms with Crippen molar-refractivity contribution in [1.82, 2.24) is 4.98 Å². The molecule has 0 radical (unpaired) electrons. The van der Waals surface area contributed by atoms with Crippen LogP contribution in [0, 0.1) is 12.8 Å². The average Bonchev–Trinajstić information content (AvgIpc) is 2.54. The monoisotopic (exact) mass is 298 g/mol. The van der Waals surface area contributed by atoms with Crippen LogP contribution in [-0.2, 0) is 9.53 Å². The van der Waals surface area contributed by atoms with E-state index in [4.69, 9.17) is 4.74 Å². The van der Waals surface area contributed by atoms with Crippen LogP contribution >= 0.6 is 0 Å². The molecule has 0 saturated carbocycles. The van der Waals surface area contributed by atoms with E-state index in [1.807, 2.05) is 19.2 Å². The molecule has 116 valence electrons. The van der Waals surface area contributed by atoms with E-state index in [0.29, 0.717) is 6.61 Å². The third-order valence-electron chi connectivity index (χ3n) is 4.32. The van der Waals surface area contributed by atoms with Crippen LogP contribution in [0.15, 0.2) is 30.5 Å². The van der Waals surface area contributed by atoms with E-state index in [2.05, 4.69) is 35.0 Å². The molecule has 1 fully saturated rings. The molecule has 1 saturated heterocycles. The summed E-state index contributed by atoms with van der Waals surface area (Å²) < 4.78 is 5.14. The number of rotatable bonds is 3. The van der Waals surface area contributed by atoms with E-state index in [0.717, 1.165) is 31.7 Å². The lowest BCUT2D eigenvalue weighted by molar-refractivity contribution is -0.148. The van der Waals surface area contributed by atoms with Gasteiger partial charge >= 0.3 is 5.97 Å². The molecule has 0 amide bonds. The number of anilines is 1. The van der Waals surface area contributed by atoms with Crippen molar-refractivity contribution in [3.8, 4) is 0 Å². The van der Waals surface area contributed by atoms with Gasteiger partial charge in [-0.25, -0.2) is 4.98 Å². The van der Waals surface area contributed by atoms with Crippen molar-refractivity contribution in [3.05, 3.63) is 36.0 Å². The van der Waals surface area contributed by atoms with Crippen LogP contribution in [0.3, 0.4) is 0 Å². The van der Waals surface area contributed by atoms with Crippen molar-refractivity contribution in [2.24, 2.45) is 5.92 Å². The second-order valence-corrected chi connectivity index (χ2v) is 5.87. The fourth-order valence-electron chi connectivity index (χ4n) is 3.11. The van der Waals surface area contributed by atoms with Gasteiger partial charge in [-0.2, -0.15) is 0 Å². The molecule has 0 spiro atoms. The van der Waals surface area contributed by atoms with Gasteiger partial charge in [0.05, 0.1) is 12.5 Å². The van der Waals surface area contributed by atoms with E-state index in [1.165, 1.54) is 16.3 Å². The van der Waals surface area contributed by atoms with Gasteiger partial charge in [0, 0.05) is 24.7 Å². The SMILES string of the molecule is CCOC(=O)C1CCN(c2nccc3ccc(C)cc23)CC1. The number of aromatic nitrogens is 1. The van der Waals surface area contributed by atoms with Crippen LogP contribution in [0.2, 0.25) is 0 Å². The summed E-state index contributed by atoms with van der Waals surface area (Å²) in [4.78, 5) is 18.7. The van der Waals surface area contributed by atoms with Gasteiger partial charge in [0.1, 0.15) is 5.82 Å². The highest BCUT2D eigenvalue weighted by atomic mass is 16.5. The molecule has 0 N–H and O–H groups in total. The lowest BCUT2D eigenvalue weighted by Crippen LogP contribution is -2.37. The number of carbonyl (C=O) groups excluding carboxylic acids is 1. The number of hydrogen-bond donors (Lipinski definition) is 0. The van der Waals surface area contributed by atoms with Gasteiger partial charge in [-0.1, -0.05) is 17.7 Å². The fraction of sp³-hybridized carbons (Fsp3) is 0.444. The maximum atomic E-state index is 11.8. The predicted molar refractivity (Wildman–Crippen MR) is 88.1 cm³/mol. The number of benzene rings is 1. The zero-order valence-electron chi connectivity index (χ0n) is 13.2. The van der Waals surface area contributed by atoms with Crippen molar-refractivity contribution in [2.75, 3.05) is 24.6 Å². The molecule has 2 aromatic rings. The number of aryl methyl sites for hydroxylation is 1. The third kappa shape index (κ3) is 2.91. The highest BCUT2D eigenvalue weighted by Gasteiger charge is 2.27. The number of hydrogen-bond acceptors (Lipinski definition) is 4. The summed E-state index contributed by atoms with van der Waals surface area (Å²) in [5.41, 5.74) is 1.24. The quantitative estimate of drug-likeness (QED) is 0.815. The van der Waals surface area contributed by atoms with Gasteiger partial charge in [0.25, 0.3) is 0 Å². The number of nitrogens with zero attached hydrogens (tertiary/aromatic N) is 2. The smallest absolute Gasteiger partial charge is 0.309 e. The molecule has 0 aliphatic carbocycles. The highest BCUT2D eigenvalue weighted by Crippen LogP contribution is 2.29. The second-order valence-electron chi connectivity index (χ2n) is 5.87. The molecule has 0 atom stereocenters. The first kappa shape index (κ1) is 14.8. The van der Waals surface area contributed by atoms with Crippen LogP contribution < -0.4 is 4.90 Å².